The minimum absolute atomic E-state index is 0.148. The Labute approximate surface area is 137 Å². The van der Waals surface area contributed by atoms with Gasteiger partial charge in [-0.15, -0.1) is 0 Å². The molecule has 0 aromatic carbocycles. The highest BCUT2D eigenvalue weighted by Gasteiger charge is 2.37. The summed E-state index contributed by atoms with van der Waals surface area (Å²) in [6, 6.07) is 3.43. The maximum atomic E-state index is 11.8. The molecule has 1 aliphatic heterocycles. The van der Waals surface area contributed by atoms with Crippen LogP contribution in [-0.4, -0.2) is 67.8 Å². The summed E-state index contributed by atoms with van der Waals surface area (Å²) in [4.78, 5) is 16.0. The van der Waals surface area contributed by atoms with Crippen molar-refractivity contribution >= 4 is 16.2 Å². The number of urea groups is 1. The van der Waals surface area contributed by atoms with Crippen LogP contribution in [0.25, 0.3) is 0 Å². The van der Waals surface area contributed by atoms with Gasteiger partial charge in [0, 0.05) is 45.6 Å². The first kappa shape index (κ1) is 17.6. The summed E-state index contributed by atoms with van der Waals surface area (Å²) >= 11 is 0. The molecule has 0 spiro atoms. The highest BCUT2D eigenvalue weighted by Crippen LogP contribution is 2.15. The molecule has 0 atom stereocenters. The number of hydrogen-bond acceptors (Lipinski definition) is 4. The molecule has 1 aromatic rings. The zero-order chi connectivity index (χ0) is 17.0. The monoisotopic (exact) mass is 341 g/mol. The van der Waals surface area contributed by atoms with E-state index in [4.69, 9.17) is 0 Å². The Morgan fingerprint density at radius 3 is 2.74 bits per heavy atom. The van der Waals surface area contributed by atoms with Gasteiger partial charge in [-0.25, -0.2) is 4.79 Å². The largest absolute Gasteiger partial charge is 0.338 e. The number of amides is 2. The van der Waals surface area contributed by atoms with Gasteiger partial charge in [0.25, 0.3) is 10.2 Å². The number of carbonyl (C=O) groups is 1. The molecule has 2 amide bonds. The predicted octanol–water partition coefficient (Wildman–Crippen LogP) is -0.278. The number of nitrogens with one attached hydrogen (secondary N) is 2. The van der Waals surface area contributed by atoms with Gasteiger partial charge in [-0.05, 0) is 25.0 Å². The van der Waals surface area contributed by atoms with Gasteiger partial charge in [-0.1, -0.05) is 6.07 Å². The molecule has 1 aliphatic rings. The van der Waals surface area contributed by atoms with Crippen molar-refractivity contribution < 1.29 is 13.2 Å². The van der Waals surface area contributed by atoms with Gasteiger partial charge in [0.15, 0.2) is 0 Å². The van der Waals surface area contributed by atoms with E-state index in [0.29, 0.717) is 26.1 Å². The van der Waals surface area contributed by atoms with E-state index in [0.717, 1.165) is 11.3 Å². The Bertz CT molecular complexity index is 656. The fraction of sp³-hybridized carbons (Fsp3) is 0.571. The maximum absolute atomic E-state index is 11.8. The van der Waals surface area contributed by atoms with Gasteiger partial charge in [-0.2, -0.15) is 17.0 Å². The van der Waals surface area contributed by atoms with Crippen molar-refractivity contribution in [2.75, 3.05) is 33.7 Å². The fourth-order valence-corrected chi connectivity index (χ4v) is 3.48. The molecule has 1 saturated heterocycles. The van der Waals surface area contributed by atoms with E-state index in [9.17, 15) is 13.2 Å². The highest BCUT2D eigenvalue weighted by molar-refractivity contribution is 7.86. The predicted molar refractivity (Wildman–Crippen MR) is 87.2 cm³/mol. The lowest BCUT2D eigenvalue weighted by atomic mass is 10.1. The molecule has 2 rings (SSSR count). The summed E-state index contributed by atoms with van der Waals surface area (Å²) in [5, 5.41) is 5.55. The number of aromatic nitrogens is 1. The summed E-state index contributed by atoms with van der Waals surface area (Å²) in [5.41, 5.74) is 2.05. The second-order valence-corrected chi connectivity index (χ2v) is 7.84. The van der Waals surface area contributed by atoms with Crippen molar-refractivity contribution in [3.8, 4) is 0 Å². The molecule has 2 heterocycles. The van der Waals surface area contributed by atoms with Crippen molar-refractivity contribution in [2.24, 2.45) is 0 Å². The molecule has 0 aliphatic carbocycles. The topological polar surface area (TPSA) is 94.6 Å². The number of pyridine rings is 1. The summed E-state index contributed by atoms with van der Waals surface area (Å²) in [6.45, 7) is 3.04. The number of nitrogens with zero attached hydrogens (tertiary/aromatic N) is 3. The zero-order valence-corrected chi connectivity index (χ0v) is 14.4. The normalized spacial score (nSPS) is 16.2. The lowest BCUT2D eigenvalue weighted by molar-refractivity contribution is 0.200. The van der Waals surface area contributed by atoms with Crippen molar-refractivity contribution in [1.29, 1.82) is 0 Å². The second kappa shape index (κ2) is 7.24. The van der Waals surface area contributed by atoms with Crippen LogP contribution in [-0.2, 0) is 16.6 Å². The fourth-order valence-electron chi connectivity index (χ4n) is 2.28. The van der Waals surface area contributed by atoms with Crippen LogP contribution in [0.5, 0.6) is 0 Å². The number of rotatable bonds is 6. The molecule has 2 N–H and O–H groups in total. The molecule has 0 radical (unpaired) electrons. The lowest BCUT2D eigenvalue weighted by Gasteiger charge is -2.39. The molecule has 128 valence electrons. The van der Waals surface area contributed by atoms with Crippen LogP contribution in [0.1, 0.15) is 11.3 Å². The summed E-state index contributed by atoms with van der Waals surface area (Å²) in [7, 11) is -0.400. The van der Waals surface area contributed by atoms with Gasteiger partial charge in [0.05, 0.1) is 6.04 Å². The molecule has 23 heavy (non-hydrogen) atoms. The van der Waals surface area contributed by atoms with E-state index in [1.54, 1.807) is 6.20 Å². The third-order valence-corrected chi connectivity index (χ3v) is 5.64. The van der Waals surface area contributed by atoms with Gasteiger partial charge < -0.3 is 10.6 Å². The van der Waals surface area contributed by atoms with Crippen molar-refractivity contribution in [3.63, 3.8) is 0 Å². The maximum Gasteiger partial charge on any atom is 0.315 e. The second-order valence-electron chi connectivity index (χ2n) is 5.70. The van der Waals surface area contributed by atoms with Crippen LogP contribution in [0.3, 0.4) is 0 Å². The number of carbonyl (C=O) groups excluding carboxylic acids is 1. The Morgan fingerprint density at radius 2 is 2.13 bits per heavy atom. The standard InChI is InChI=1S/C14H23N5O3S/c1-11-12(5-4-7-15-11)6-8-16-14(20)17-13-9-19(10-13)23(21,22)18(2)3/h4-5,7,13H,6,8-10H2,1-3H3,(H2,16,17,20). The van der Waals surface area contributed by atoms with Crippen LogP contribution in [0.15, 0.2) is 18.3 Å². The van der Waals surface area contributed by atoms with Gasteiger partial charge in [0.2, 0.25) is 0 Å². The smallest absolute Gasteiger partial charge is 0.315 e. The average Bonchev–Trinajstić information content (AvgIpc) is 2.44. The van der Waals surface area contributed by atoms with Crippen LogP contribution < -0.4 is 10.6 Å². The minimum Gasteiger partial charge on any atom is -0.338 e. The summed E-state index contributed by atoms with van der Waals surface area (Å²) < 4.78 is 26.1. The van der Waals surface area contributed by atoms with E-state index >= 15 is 0 Å². The van der Waals surface area contributed by atoms with E-state index in [-0.39, 0.29) is 12.1 Å². The number of aryl methyl sites for hydroxylation is 1. The van der Waals surface area contributed by atoms with Gasteiger partial charge in [0.1, 0.15) is 0 Å². The zero-order valence-electron chi connectivity index (χ0n) is 13.6. The van der Waals surface area contributed by atoms with Crippen molar-refractivity contribution in [2.45, 2.75) is 19.4 Å². The van der Waals surface area contributed by atoms with Crippen LogP contribution in [0.2, 0.25) is 0 Å². The third-order valence-electron chi connectivity index (χ3n) is 3.77. The Morgan fingerprint density at radius 1 is 1.43 bits per heavy atom. The Balaban J connectivity index is 1.68. The molecule has 9 heteroatoms. The Kier molecular flexibility index (Phi) is 5.55. The SMILES string of the molecule is Cc1ncccc1CCNC(=O)NC1CN(S(=O)(=O)N(C)C)C1. The molecule has 8 nitrogen and oxygen atoms in total. The van der Waals surface area contributed by atoms with E-state index < -0.39 is 10.2 Å². The van der Waals surface area contributed by atoms with E-state index in [2.05, 4.69) is 15.6 Å². The molecular formula is C14H23N5O3S. The molecule has 1 aromatic heterocycles. The Hall–Kier alpha value is -1.71. The summed E-state index contributed by atoms with van der Waals surface area (Å²) in [6.07, 6.45) is 2.45. The molecule has 0 unspecified atom stereocenters. The average molecular weight is 341 g/mol. The van der Waals surface area contributed by atoms with Gasteiger partial charge >= 0.3 is 6.03 Å². The quantitative estimate of drug-likeness (QED) is 0.744. The van der Waals surface area contributed by atoms with Crippen LogP contribution in [0, 0.1) is 6.92 Å². The molecular weight excluding hydrogens is 318 g/mol. The van der Waals surface area contributed by atoms with E-state index in [1.807, 2.05) is 19.1 Å². The molecule has 0 saturated carbocycles. The van der Waals surface area contributed by atoms with Crippen molar-refractivity contribution in [3.05, 3.63) is 29.6 Å². The highest BCUT2D eigenvalue weighted by atomic mass is 32.2. The minimum atomic E-state index is -3.38. The molecule has 1 fully saturated rings. The third kappa shape index (κ3) is 4.40. The van der Waals surface area contributed by atoms with Crippen LogP contribution in [0.4, 0.5) is 4.79 Å². The van der Waals surface area contributed by atoms with Crippen LogP contribution >= 0.6 is 0 Å². The number of hydrogen-bond donors (Lipinski definition) is 2. The van der Waals surface area contributed by atoms with Crippen molar-refractivity contribution in [1.82, 2.24) is 24.2 Å². The first-order valence-electron chi connectivity index (χ1n) is 7.43. The first-order valence-corrected chi connectivity index (χ1v) is 8.83. The molecule has 0 bridgehead atoms. The summed E-state index contributed by atoms with van der Waals surface area (Å²) in [5.74, 6) is 0. The van der Waals surface area contributed by atoms with E-state index in [1.165, 1.54) is 22.7 Å². The van der Waals surface area contributed by atoms with Gasteiger partial charge in [-0.3, -0.25) is 4.98 Å². The first-order chi connectivity index (χ1) is 10.8. The lowest BCUT2D eigenvalue weighted by Crippen LogP contribution is -2.63.